The summed E-state index contributed by atoms with van der Waals surface area (Å²) in [5.41, 5.74) is 1.82. The number of nitrogens with one attached hydrogen (secondary N) is 2. The molecule has 0 spiro atoms. The van der Waals surface area contributed by atoms with Crippen molar-refractivity contribution in [2.45, 2.75) is 39.0 Å². The van der Waals surface area contributed by atoms with Crippen LogP contribution in [0.3, 0.4) is 0 Å². The minimum Gasteiger partial charge on any atom is -0.490 e. The van der Waals surface area contributed by atoms with Crippen molar-refractivity contribution >= 4 is 39.8 Å². The number of carbonyl (C=O) groups is 3. The Bertz CT molecular complexity index is 1020. The molecule has 1 aromatic heterocycles. The van der Waals surface area contributed by atoms with Gasteiger partial charge in [0, 0.05) is 30.0 Å². The standard InChI is InChI=1S/C22H24N2O6S/c1-13(25)23-21-20(15-5-2-3-6-18(15)31-21)22(27)30-12-19(26)24-14-7-8-16-17(11-14)29-10-4-9-28-16/h7-8,11H,2-6,9-10,12H2,1H3,(H,23,25)(H,24,26). The van der Waals surface area contributed by atoms with Crippen LogP contribution in [0.25, 0.3) is 0 Å². The van der Waals surface area contributed by atoms with Crippen molar-refractivity contribution in [1.82, 2.24) is 0 Å². The summed E-state index contributed by atoms with van der Waals surface area (Å²) in [5, 5.41) is 5.92. The van der Waals surface area contributed by atoms with E-state index in [0.717, 1.165) is 42.5 Å². The first-order chi connectivity index (χ1) is 15.0. The molecule has 9 heteroatoms. The van der Waals surface area contributed by atoms with E-state index in [-0.39, 0.29) is 5.91 Å². The van der Waals surface area contributed by atoms with Gasteiger partial charge in [0.15, 0.2) is 18.1 Å². The predicted octanol–water partition coefficient (Wildman–Crippen LogP) is 3.54. The molecule has 8 nitrogen and oxygen atoms in total. The van der Waals surface area contributed by atoms with Gasteiger partial charge in [-0.15, -0.1) is 11.3 Å². The lowest BCUT2D eigenvalue weighted by Gasteiger charge is -2.13. The van der Waals surface area contributed by atoms with Crippen molar-refractivity contribution < 1.29 is 28.6 Å². The van der Waals surface area contributed by atoms with E-state index in [1.54, 1.807) is 18.2 Å². The number of ether oxygens (including phenoxy) is 3. The third-order valence-corrected chi connectivity index (χ3v) is 6.24. The molecule has 2 aromatic rings. The summed E-state index contributed by atoms with van der Waals surface area (Å²) in [6.07, 6.45) is 4.47. The summed E-state index contributed by atoms with van der Waals surface area (Å²) in [5.74, 6) is -0.114. The van der Waals surface area contributed by atoms with Crippen molar-refractivity contribution in [3.63, 3.8) is 0 Å². The molecule has 0 unspecified atom stereocenters. The number of esters is 1. The van der Waals surface area contributed by atoms with Crippen LogP contribution >= 0.6 is 11.3 Å². The van der Waals surface area contributed by atoms with E-state index < -0.39 is 18.5 Å². The third-order valence-electron chi connectivity index (χ3n) is 5.03. The van der Waals surface area contributed by atoms with Crippen molar-refractivity contribution in [1.29, 1.82) is 0 Å². The molecule has 0 saturated heterocycles. The molecular formula is C22H24N2O6S. The molecule has 2 aliphatic rings. The number of anilines is 2. The van der Waals surface area contributed by atoms with Crippen molar-refractivity contribution in [3.8, 4) is 11.5 Å². The number of hydrogen-bond acceptors (Lipinski definition) is 7. The Morgan fingerprint density at radius 2 is 1.81 bits per heavy atom. The van der Waals surface area contributed by atoms with E-state index in [4.69, 9.17) is 14.2 Å². The maximum atomic E-state index is 12.8. The summed E-state index contributed by atoms with van der Waals surface area (Å²) in [7, 11) is 0. The van der Waals surface area contributed by atoms with Gasteiger partial charge in [0.05, 0.1) is 18.8 Å². The first kappa shape index (κ1) is 21.2. The average molecular weight is 445 g/mol. The van der Waals surface area contributed by atoms with E-state index in [0.29, 0.717) is 41.0 Å². The van der Waals surface area contributed by atoms with Gasteiger partial charge in [-0.2, -0.15) is 0 Å². The topological polar surface area (TPSA) is 103 Å². The van der Waals surface area contributed by atoms with Gasteiger partial charge in [0.25, 0.3) is 5.91 Å². The average Bonchev–Trinajstić information content (AvgIpc) is 2.93. The fraction of sp³-hybridized carbons (Fsp3) is 0.409. The van der Waals surface area contributed by atoms with E-state index in [2.05, 4.69) is 10.6 Å². The van der Waals surface area contributed by atoms with Crippen LogP contribution in [0.2, 0.25) is 0 Å². The Morgan fingerprint density at radius 3 is 2.61 bits per heavy atom. The van der Waals surface area contributed by atoms with Crippen LogP contribution in [-0.4, -0.2) is 37.6 Å². The van der Waals surface area contributed by atoms with Crippen LogP contribution < -0.4 is 20.1 Å². The van der Waals surface area contributed by atoms with E-state index in [1.165, 1.54) is 18.3 Å². The lowest BCUT2D eigenvalue weighted by molar-refractivity contribution is -0.119. The molecule has 2 amide bonds. The molecule has 4 rings (SSSR count). The Hall–Kier alpha value is -3.07. The van der Waals surface area contributed by atoms with Gasteiger partial charge in [0.1, 0.15) is 5.00 Å². The molecule has 1 aliphatic heterocycles. The second-order valence-electron chi connectivity index (χ2n) is 7.43. The smallest absolute Gasteiger partial charge is 0.341 e. The van der Waals surface area contributed by atoms with Crippen LogP contribution in [0.5, 0.6) is 11.5 Å². The first-order valence-electron chi connectivity index (χ1n) is 10.3. The van der Waals surface area contributed by atoms with Crippen molar-refractivity contribution in [2.24, 2.45) is 0 Å². The molecule has 0 saturated carbocycles. The fourth-order valence-electron chi connectivity index (χ4n) is 3.67. The molecule has 1 aromatic carbocycles. The summed E-state index contributed by atoms with van der Waals surface area (Å²) in [6, 6.07) is 5.13. The lowest BCUT2D eigenvalue weighted by atomic mass is 9.95. The summed E-state index contributed by atoms with van der Waals surface area (Å²) in [6.45, 7) is 2.10. The van der Waals surface area contributed by atoms with E-state index in [1.807, 2.05) is 0 Å². The maximum absolute atomic E-state index is 12.8. The Balaban J connectivity index is 1.41. The summed E-state index contributed by atoms with van der Waals surface area (Å²) in [4.78, 5) is 37.8. The van der Waals surface area contributed by atoms with Crippen LogP contribution in [0.15, 0.2) is 18.2 Å². The normalized spacial score (nSPS) is 14.7. The van der Waals surface area contributed by atoms with Gasteiger partial charge >= 0.3 is 5.97 Å². The zero-order valence-corrected chi connectivity index (χ0v) is 18.1. The van der Waals surface area contributed by atoms with Gasteiger partial charge in [-0.05, 0) is 43.4 Å². The van der Waals surface area contributed by atoms with Gasteiger partial charge in [-0.3, -0.25) is 9.59 Å². The molecule has 0 atom stereocenters. The number of fused-ring (bicyclic) bond motifs is 2. The number of hydrogen-bond donors (Lipinski definition) is 2. The number of carbonyl (C=O) groups excluding carboxylic acids is 3. The van der Waals surface area contributed by atoms with Crippen LogP contribution in [-0.2, 0) is 27.2 Å². The second-order valence-corrected chi connectivity index (χ2v) is 8.54. The minimum absolute atomic E-state index is 0.250. The maximum Gasteiger partial charge on any atom is 0.341 e. The number of thiophene rings is 1. The highest BCUT2D eigenvalue weighted by Crippen LogP contribution is 2.38. The summed E-state index contributed by atoms with van der Waals surface area (Å²) < 4.78 is 16.5. The van der Waals surface area contributed by atoms with Crippen molar-refractivity contribution in [2.75, 3.05) is 30.5 Å². The van der Waals surface area contributed by atoms with Crippen LogP contribution in [0, 0.1) is 0 Å². The van der Waals surface area contributed by atoms with Crippen molar-refractivity contribution in [3.05, 3.63) is 34.2 Å². The minimum atomic E-state index is -0.600. The van der Waals surface area contributed by atoms with Crippen LogP contribution in [0.1, 0.15) is 47.0 Å². The van der Waals surface area contributed by atoms with Gasteiger partial charge in [-0.1, -0.05) is 0 Å². The molecular weight excluding hydrogens is 420 g/mol. The lowest BCUT2D eigenvalue weighted by Crippen LogP contribution is -2.22. The largest absolute Gasteiger partial charge is 0.490 e. The highest BCUT2D eigenvalue weighted by molar-refractivity contribution is 7.17. The Labute approximate surface area is 183 Å². The number of amides is 2. The molecule has 0 fully saturated rings. The van der Waals surface area contributed by atoms with E-state index in [9.17, 15) is 14.4 Å². The summed E-state index contributed by atoms with van der Waals surface area (Å²) >= 11 is 1.41. The molecule has 1 aliphatic carbocycles. The van der Waals surface area contributed by atoms with E-state index >= 15 is 0 Å². The Morgan fingerprint density at radius 1 is 1.03 bits per heavy atom. The monoisotopic (exact) mass is 444 g/mol. The molecule has 2 heterocycles. The van der Waals surface area contributed by atoms with Gasteiger partial charge < -0.3 is 24.8 Å². The first-order valence-corrected chi connectivity index (χ1v) is 11.1. The SMILES string of the molecule is CC(=O)Nc1sc2c(c1C(=O)OCC(=O)Nc1ccc3c(c1)OCCCO3)CCCC2. The van der Waals surface area contributed by atoms with Gasteiger partial charge in [-0.25, -0.2) is 4.79 Å². The number of rotatable bonds is 5. The molecule has 164 valence electrons. The number of aryl methyl sites for hydroxylation is 1. The van der Waals surface area contributed by atoms with Gasteiger partial charge in [0.2, 0.25) is 5.91 Å². The highest BCUT2D eigenvalue weighted by atomic mass is 32.1. The third kappa shape index (κ3) is 4.99. The highest BCUT2D eigenvalue weighted by Gasteiger charge is 2.27. The fourth-order valence-corrected chi connectivity index (χ4v) is 4.99. The molecule has 0 bridgehead atoms. The Kier molecular flexibility index (Phi) is 6.41. The van der Waals surface area contributed by atoms with Crippen LogP contribution in [0.4, 0.5) is 10.7 Å². The quantitative estimate of drug-likeness (QED) is 0.684. The molecule has 0 radical (unpaired) electrons. The zero-order chi connectivity index (χ0) is 21.8. The predicted molar refractivity (Wildman–Crippen MR) is 116 cm³/mol. The molecule has 2 N–H and O–H groups in total. The zero-order valence-electron chi connectivity index (χ0n) is 17.2. The molecule has 31 heavy (non-hydrogen) atoms. The second kappa shape index (κ2) is 9.38. The number of benzene rings is 1.